The summed E-state index contributed by atoms with van der Waals surface area (Å²) in [4.78, 5) is 14.9. The summed E-state index contributed by atoms with van der Waals surface area (Å²) in [6.45, 7) is 1.87. The summed E-state index contributed by atoms with van der Waals surface area (Å²) in [5.74, 6) is 0.332. The minimum atomic E-state index is -0.313. The maximum Gasteiger partial charge on any atom is 0.277 e. The van der Waals surface area contributed by atoms with Crippen molar-refractivity contribution < 1.29 is 9.53 Å². The quantitative estimate of drug-likeness (QED) is 0.518. The Balaban J connectivity index is 1.54. The topological polar surface area (TPSA) is 66.5 Å². The standard InChI is InChI=1S/C18H16BrN3O2/c1-12-8-14(6-7-16(12)19)24-11-18(23)22-21-10-13-9-20-17-5-3-2-4-15(13)17/h2-10,20H,11H2,1H3,(H,22,23)/b21-10+. The molecule has 1 heterocycles. The summed E-state index contributed by atoms with van der Waals surface area (Å²) < 4.78 is 6.45. The van der Waals surface area contributed by atoms with E-state index in [0.29, 0.717) is 5.75 Å². The first kappa shape index (κ1) is 16.3. The van der Waals surface area contributed by atoms with Crippen molar-refractivity contribution in [2.45, 2.75) is 6.92 Å². The molecule has 0 aliphatic heterocycles. The third kappa shape index (κ3) is 3.83. The molecule has 0 radical (unpaired) electrons. The smallest absolute Gasteiger partial charge is 0.277 e. The van der Waals surface area contributed by atoms with E-state index in [1.54, 1.807) is 12.3 Å². The molecule has 2 N–H and O–H groups in total. The van der Waals surface area contributed by atoms with Crippen LogP contribution in [-0.2, 0) is 4.79 Å². The third-order valence-corrected chi connectivity index (χ3v) is 4.40. The van der Waals surface area contributed by atoms with Gasteiger partial charge in [-0.15, -0.1) is 0 Å². The molecule has 3 aromatic rings. The van der Waals surface area contributed by atoms with Crippen molar-refractivity contribution in [2.75, 3.05) is 6.61 Å². The number of hydrogen-bond donors (Lipinski definition) is 2. The normalized spacial score (nSPS) is 11.1. The van der Waals surface area contributed by atoms with E-state index >= 15 is 0 Å². The van der Waals surface area contributed by atoms with E-state index < -0.39 is 0 Å². The van der Waals surface area contributed by atoms with Crippen molar-refractivity contribution in [3.8, 4) is 5.75 Å². The number of H-pyrrole nitrogens is 1. The molecule has 1 amide bonds. The van der Waals surface area contributed by atoms with Gasteiger partial charge in [-0.3, -0.25) is 4.79 Å². The largest absolute Gasteiger partial charge is 0.484 e. The van der Waals surface area contributed by atoms with Crippen LogP contribution in [0.5, 0.6) is 5.75 Å². The summed E-state index contributed by atoms with van der Waals surface area (Å²) in [6.07, 6.45) is 3.46. The number of hydrogen-bond acceptors (Lipinski definition) is 3. The summed E-state index contributed by atoms with van der Waals surface area (Å²) in [5, 5.41) is 5.03. The number of para-hydroxylation sites is 1. The molecule has 0 bridgehead atoms. The molecule has 1 aromatic heterocycles. The number of hydrazone groups is 1. The number of benzene rings is 2. The van der Waals surface area contributed by atoms with Gasteiger partial charge in [0.15, 0.2) is 6.61 Å². The van der Waals surface area contributed by atoms with Gasteiger partial charge in [0.05, 0.1) is 6.21 Å². The Morgan fingerprint density at radius 2 is 2.17 bits per heavy atom. The molecule has 0 saturated heterocycles. The van der Waals surface area contributed by atoms with Crippen LogP contribution in [0.1, 0.15) is 11.1 Å². The van der Waals surface area contributed by atoms with Gasteiger partial charge in [0.1, 0.15) is 5.75 Å². The van der Waals surface area contributed by atoms with Crippen molar-refractivity contribution in [3.63, 3.8) is 0 Å². The van der Waals surface area contributed by atoms with Crippen LogP contribution in [0.25, 0.3) is 10.9 Å². The van der Waals surface area contributed by atoms with Crippen LogP contribution < -0.4 is 10.2 Å². The second-order valence-corrected chi connectivity index (χ2v) is 6.14. The number of nitrogens with one attached hydrogen (secondary N) is 2. The zero-order valence-corrected chi connectivity index (χ0v) is 14.6. The van der Waals surface area contributed by atoms with Crippen molar-refractivity contribution >= 4 is 39.0 Å². The number of aromatic amines is 1. The van der Waals surface area contributed by atoms with Crippen LogP contribution >= 0.6 is 15.9 Å². The number of amides is 1. The Morgan fingerprint density at radius 1 is 1.33 bits per heavy atom. The molecule has 24 heavy (non-hydrogen) atoms. The first-order valence-electron chi connectivity index (χ1n) is 7.40. The van der Waals surface area contributed by atoms with Crippen molar-refractivity contribution in [1.82, 2.24) is 10.4 Å². The average molecular weight is 386 g/mol. The lowest BCUT2D eigenvalue weighted by Gasteiger charge is -2.06. The third-order valence-electron chi connectivity index (χ3n) is 3.51. The molecule has 0 aliphatic rings. The van der Waals surface area contributed by atoms with E-state index in [1.165, 1.54) is 0 Å². The van der Waals surface area contributed by atoms with Gasteiger partial charge in [0.2, 0.25) is 0 Å². The monoisotopic (exact) mass is 385 g/mol. The second kappa shape index (κ2) is 7.31. The van der Waals surface area contributed by atoms with Gasteiger partial charge in [0.25, 0.3) is 5.91 Å². The molecule has 0 spiro atoms. The Bertz CT molecular complexity index is 902. The number of nitrogens with zero attached hydrogens (tertiary/aromatic N) is 1. The van der Waals surface area contributed by atoms with E-state index in [4.69, 9.17) is 4.74 Å². The molecule has 0 atom stereocenters. The van der Waals surface area contributed by atoms with E-state index in [1.807, 2.05) is 49.5 Å². The molecule has 5 nitrogen and oxygen atoms in total. The van der Waals surface area contributed by atoms with E-state index in [2.05, 4.69) is 31.4 Å². The van der Waals surface area contributed by atoms with Gasteiger partial charge in [-0.2, -0.15) is 5.10 Å². The highest BCUT2D eigenvalue weighted by Gasteiger charge is 2.04. The van der Waals surface area contributed by atoms with Crippen molar-refractivity contribution in [1.29, 1.82) is 0 Å². The first-order valence-corrected chi connectivity index (χ1v) is 8.20. The van der Waals surface area contributed by atoms with Crippen LogP contribution in [0, 0.1) is 6.92 Å². The minimum Gasteiger partial charge on any atom is -0.484 e. The minimum absolute atomic E-state index is 0.0910. The first-order chi connectivity index (χ1) is 11.6. The molecular formula is C18H16BrN3O2. The summed E-state index contributed by atoms with van der Waals surface area (Å²) in [7, 11) is 0. The Hall–Kier alpha value is -2.60. The van der Waals surface area contributed by atoms with Gasteiger partial charge < -0.3 is 9.72 Å². The van der Waals surface area contributed by atoms with Gasteiger partial charge in [-0.1, -0.05) is 34.1 Å². The molecule has 0 fully saturated rings. The van der Waals surface area contributed by atoms with Crippen LogP contribution in [0.2, 0.25) is 0 Å². The van der Waals surface area contributed by atoms with Crippen molar-refractivity contribution in [2.24, 2.45) is 5.10 Å². The zero-order valence-electron chi connectivity index (χ0n) is 13.0. The average Bonchev–Trinajstić information content (AvgIpc) is 2.99. The lowest BCUT2D eigenvalue weighted by atomic mass is 10.2. The van der Waals surface area contributed by atoms with E-state index in [9.17, 15) is 4.79 Å². The zero-order chi connectivity index (χ0) is 16.9. The van der Waals surface area contributed by atoms with Crippen molar-refractivity contribution in [3.05, 3.63) is 64.3 Å². The lowest BCUT2D eigenvalue weighted by Crippen LogP contribution is -2.24. The molecule has 6 heteroatoms. The van der Waals surface area contributed by atoms with E-state index in [0.717, 1.165) is 26.5 Å². The van der Waals surface area contributed by atoms with Crippen LogP contribution in [0.4, 0.5) is 0 Å². The number of ether oxygens (including phenoxy) is 1. The van der Waals surface area contributed by atoms with Crippen LogP contribution in [-0.4, -0.2) is 23.7 Å². The highest BCUT2D eigenvalue weighted by Crippen LogP contribution is 2.21. The second-order valence-electron chi connectivity index (χ2n) is 5.28. The Labute approximate surface area is 147 Å². The molecule has 0 saturated carbocycles. The number of carbonyl (C=O) groups is 1. The lowest BCUT2D eigenvalue weighted by molar-refractivity contribution is -0.123. The number of fused-ring (bicyclic) bond motifs is 1. The highest BCUT2D eigenvalue weighted by molar-refractivity contribution is 9.10. The van der Waals surface area contributed by atoms with Gasteiger partial charge in [-0.05, 0) is 36.8 Å². The predicted octanol–water partition coefficient (Wildman–Crippen LogP) is 3.77. The van der Waals surface area contributed by atoms with Gasteiger partial charge in [-0.25, -0.2) is 5.43 Å². The summed E-state index contributed by atoms with van der Waals surface area (Å²) in [6, 6.07) is 13.5. The predicted molar refractivity (Wildman–Crippen MR) is 98.4 cm³/mol. The summed E-state index contributed by atoms with van der Waals surface area (Å²) in [5.41, 5.74) is 5.45. The SMILES string of the molecule is Cc1cc(OCC(=O)N/N=C/c2c[nH]c3ccccc23)ccc1Br. The maximum absolute atomic E-state index is 11.8. The van der Waals surface area contributed by atoms with Gasteiger partial charge >= 0.3 is 0 Å². The number of halogens is 1. The fourth-order valence-electron chi connectivity index (χ4n) is 2.26. The number of rotatable bonds is 5. The van der Waals surface area contributed by atoms with Crippen LogP contribution in [0.15, 0.2) is 58.2 Å². The van der Waals surface area contributed by atoms with E-state index in [-0.39, 0.29) is 12.5 Å². The summed E-state index contributed by atoms with van der Waals surface area (Å²) >= 11 is 3.42. The molecule has 0 aliphatic carbocycles. The molecule has 0 unspecified atom stereocenters. The van der Waals surface area contributed by atoms with Gasteiger partial charge in [0, 0.05) is 27.1 Å². The number of aryl methyl sites for hydroxylation is 1. The Kier molecular flexibility index (Phi) is 4.96. The highest BCUT2D eigenvalue weighted by atomic mass is 79.9. The molecular weight excluding hydrogens is 370 g/mol. The maximum atomic E-state index is 11.8. The molecule has 3 rings (SSSR count). The Morgan fingerprint density at radius 3 is 3.00 bits per heavy atom. The fraction of sp³-hybridized carbons (Fsp3) is 0.111. The molecule has 2 aromatic carbocycles. The van der Waals surface area contributed by atoms with Crippen LogP contribution in [0.3, 0.4) is 0 Å². The fourth-order valence-corrected chi connectivity index (χ4v) is 2.51. The molecule has 122 valence electrons. The number of aromatic nitrogens is 1. The number of carbonyl (C=O) groups excluding carboxylic acids is 1.